The highest BCUT2D eigenvalue weighted by atomic mass is 16.3. The number of nitrogens with zero attached hydrogens (tertiary/aromatic N) is 2. The first-order valence-corrected chi connectivity index (χ1v) is 6.72. The second-order valence-electron chi connectivity index (χ2n) is 5.07. The van der Waals surface area contributed by atoms with Crippen LogP contribution in [0, 0.1) is 0 Å². The van der Waals surface area contributed by atoms with Crippen molar-refractivity contribution in [2.75, 3.05) is 26.2 Å². The number of hydrogen-bond acceptors (Lipinski definition) is 3. The monoisotopic (exact) mass is 242 g/mol. The van der Waals surface area contributed by atoms with Gasteiger partial charge in [-0.25, -0.2) is 0 Å². The fourth-order valence-electron chi connectivity index (χ4n) is 2.56. The van der Waals surface area contributed by atoms with Crippen molar-refractivity contribution in [1.82, 2.24) is 9.80 Å². The highest BCUT2D eigenvalue weighted by Gasteiger charge is 2.44. The summed E-state index contributed by atoms with van der Waals surface area (Å²) in [4.78, 5) is 16.0. The topological polar surface area (TPSA) is 43.8 Å². The molecule has 0 aromatic carbocycles. The molecule has 1 unspecified atom stereocenters. The predicted molar refractivity (Wildman–Crippen MR) is 68.8 cm³/mol. The summed E-state index contributed by atoms with van der Waals surface area (Å²) in [5.74, 6) is 0.175. The lowest BCUT2D eigenvalue weighted by molar-refractivity contribution is -0.151. The summed E-state index contributed by atoms with van der Waals surface area (Å²) in [6, 6.07) is -0.105. The molecular formula is C13H26N2O2. The number of β-amino-alcohol motifs (C(OH)–C–C–N with tert-alkyl or cyclic N) is 1. The number of carbonyl (C=O) groups excluding carboxylic acids is 1. The molecule has 0 radical (unpaired) electrons. The molecule has 1 rings (SSSR count). The predicted octanol–water partition coefficient (Wildman–Crippen LogP) is 1.09. The zero-order chi connectivity index (χ0) is 13.1. The van der Waals surface area contributed by atoms with Crippen LogP contribution in [0.25, 0.3) is 0 Å². The average Bonchev–Trinajstić information content (AvgIpc) is 2.26. The number of amides is 1. The fraction of sp³-hybridized carbons (Fsp3) is 0.923. The fourth-order valence-corrected chi connectivity index (χ4v) is 2.56. The largest absolute Gasteiger partial charge is 0.387 e. The molecule has 17 heavy (non-hydrogen) atoms. The van der Waals surface area contributed by atoms with Crippen LogP contribution < -0.4 is 0 Å². The highest BCUT2D eigenvalue weighted by Crippen LogP contribution is 2.27. The maximum absolute atomic E-state index is 12.1. The highest BCUT2D eigenvalue weighted by molar-refractivity contribution is 5.81. The lowest BCUT2D eigenvalue weighted by Crippen LogP contribution is -2.66. The van der Waals surface area contributed by atoms with E-state index in [-0.39, 0.29) is 11.9 Å². The van der Waals surface area contributed by atoms with Crippen LogP contribution in [0.4, 0.5) is 0 Å². The van der Waals surface area contributed by atoms with E-state index in [1.165, 1.54) is 0 Å². The summed E-state index contributed by atoms with van der Waals surface area (Å²) in [5, 5.41) is 10.1. The number of aliphatic hydroxyl groups is 1. The van der Waals surface area contributed by atoms with Gasteiger partial charge in [-0.15, -0.1) is 0 Å². The Morgan fingerprint density at radius 3 is 2.29 bits per heavy atom. The van der Waals surface area contributed by atoms with Crippen molar-refractivity contribution in [2.24, 2.45) is 0 Å². The zero-order valence-corrected chi connectivity index (χ0v) is 11.6. The Morgan fingerprint density at radius 2 is 1.88 bits per heavy atom. The quantitative estimate of drug-likeness (QED) is 0.758. The standard InChI is InChI=1S/C13H26N2O2/c1-5-8-13(17)9-15(10-13)11(4)12(16)14(6-2)7-3/h11,17H,5-10H2,1-4H3. The SMILES string of the molecule is CCCC1(O)CN(C(C)C(=O)N(CC)CC)C1. The van der Waals surface area contributed by atoms with Gasteiger partial charge in [0, 0.05) is 26.2 Å². The summed E-state index contributed by atoms with van der Waals surface area (Å²) >= 11 is 0. The van der Waals surface area contributed by atoms with Crippen LogP contribution in [0.5, 0.6) is 0 Å². The molecule has 0 spiro atoms. The van der Waals surface area contributed by atoms with Gasteiger partial charge in [0.2, 0.25) is 5.91 Å². The van der Waals surface area contributed by atoms with Crippen LogP contribution in [0.2, 0.25) is 0 Å². The van der Waals surface area contributed by atoms with Gasteiger partial charge in [0.25, 0.3) is 0 Å². The average molecular weight is 242 g/mol. The van der Waals surface area contributed by atoms with Gasteiger partial charge in [-0.2, -0.15) is 0 Å². The summed E-state index contributed by atoms with van der Waals surface area (Å²) in [7, 11) is 0. The minimum Gasteiger partial charge on any atom is -0.387 e. The third kappa shape index (κ3) is 3.19. The summed E-state index contributed by atoms with van der Waals surface area (Å²) in [6.07, 6.45) is 1.82. The first kappa shape index (κ1) is 14.5. The molecule has 1 aliphatic heterocycles. The second kappa shape index (κ2) is 5.83. The van der Waals surface area contributed by atoms with Gasteiger partial charge >= 0.3 is 0 Å². The Balaban J connectivity index is 2.46. The van der Waals surface area contributed by atoms with Crippen LogP contribution in [0.3, 0.4) is 0 Å². The molecule has 0 aliphatic carbocycles. The van der Waals surface area contributed by atoms with Gasteiger partial charge < -0.3 is 10.0 Å². The van der Waals surface area contributed by atoms with Crippen LogP contribution in [-0.2, 0) is 4.79 Å². The molecule has 1 fully saturated rings. The van der Waals surface area contributed by atoms with Crippen molar-refractivity contribution in [3.63, 3.8) is 0 Å². The summed E-state index contributed by atoms with van der Waals surface area (Å²) in [5.41, 5.74) is -0.549. The first-order chi connectivity index (χ1) is 7.97. The molecule has 1 amide bonds. The Morgan fingerprint density at radius 1 is 1.35 bits per heavy atom. The second-order valence-corrected chi connectivity index (χ2v) is 5.07. The molecule has 1 saturated heterocycles. The van der Waals surface area contributed by atoms with Crippen LogP contribution in [0.1, 0.15) is 40.5 Å². The number of likely N-dealkylation sites (tertiary alicyclic amines) is 1. The number of rotatable bonds is 6. The van der Waals surface area contributed by atoms with E-state index in [1.54, 1.807) is 0 Å². The Bertz CT molecular complexity index is 258. The first-order valence-electron chi connectivity index (χ1n) is 6.72. The molecule has 100 valence electrons. The molecule has 1 N–H and O–H groups in total. The number of carbonyl (C=O) groups is 1. The number of likely N-dealkylation sites (N-methyl/N-ethyl adjacent to an activating group) is 1. The van der Waals surface area contributed by atoms with Gasteiger partial charge in [-0.3, -0.25) is 9.69 Å². The van der Waals surface area contributed by atoms with E-state index in [9.17, 15) is 9.90 Å². The van der Waals surface area contributed by atoms with Gasteiger partial charge in [-0.05, 0) is 27.2 Å². The summed E-state index contributed by atoms with van der Waals surface area (Å²) < 4.78 is 0. The van der Waals surface area contributed by atoms with Gasteiger partial charge in [0.1, 0.15) is 0 Å². The maximum atomic E-state index is 12.1. The summed E-state index contributed by atoms with van der Waals surface area (Å²) in [6.45, 7) is 10.8. The van der Waals surface area contributed by atoms with Crippen molar-refractivity contribution in [3.8, 4) is 0 Å². The zero-order valence-electron chi connectivity index (χ0n) is 11.6. The number of hydrogen-bond donors (Lipinski definition) is 1. The van der Waals surface area contributed by atoms with Crippen molar-refractivity contribution in [2.45, 2.75) is 52.2 Å². The maximum Gasteiger partial charge on any atom is 0.239 e. The Kier molecular flexibility index (Phi) is 4.95. The van der Waals surface area contributed by atoms with Gasteiger partial charge in [0.05, 0.1) is 11.6 Å². The van der Waals surface area contributed by atoms with Crippen molar-refractivity contribution >= 4 is 5.91 Å². The molecule has 0 aromatic rings. The third-order valence-electron chi connectivity index (χ3n) is 3.69. The molecule has 1 aliphatic rings. The Labute approximate surface area is 105 Å². The van der Waals surface area contributed by atoms with Crippen LogP contribution >= 0.6 is 0 Å². The molecule has 0 bridgehead atoms. The van der Waals surface area contributed by atoms with Crippen LogP contribution in [-0.4, -0.2) is 58.6 Å². The molecule has 1 atom stereocenters. The minimum atomic E-state index is -0.549. The normalized spacial score (nSPS) is 20.8. The minimum absolute atomic E-state index is 0.105. The van der Waals surface area contributed by atoms with E-state index in [0.717, 1.165) is 25.9 Å². The van der Waals surface area contributed by atoms with E-state index in [4.69, 9.17) is 0 Å². The molecule has 0 saturated carbocycles. The molecular weight excluding hydrogens is 216 g/mol. The van der Waals surface area contributed by atoms with E-state index in [0.29, 0.717) is 13.1 Å². The Hall–Kier alpha value is -0.610. The van der Waals surface area contributed by atoms with Gasteiger partial charge in [-0.1, -0.05) is 13.3 Å². The lowest BCUT2D eigenvalue weighted by Gasteiger charge is -2.49. The van der Waals surface area contributed by atoms with E-state index in [1.807, 2.05) is 25.7 Å². The van der Waals surface area contributed by atoms with E-state index >= 15 is 0 Å². The molecule has 4 nitrogen and oxygen atoms in total. The smallest absolute Gasteiger partial charge is 0.239 e. The molecule has 0 aromatic heterocycles. The van der Waals surface area contributed by atoms with E-state index < -0.39 is 5.60 Å². The van der Waals surface area contributed by atoms with Gasteiger partial charge in [0.15, 0.2) is 0 Å². The molecule has 4 heteroatoms. The lowest BCUT2D eigenvalue weighted by atomic mass is 9.88. The molecule has 1 heterocycles. The van der Waals surface area contributed by atoms with Crippen molar-refractivity contribution < 1.29 is 9.90 Å². The van der Waals surface area contributed by atoms with Crippen LogP contribution in [0.15, 0.2) is 0 Å². The van der Waals surface area contributed by atoms with Crippen molar-refractivity contribution in [1.29, 1.82) is 0 Å². The van der Waals surface area contributed by atoms with Crippen molar-refractivity contribution in [3.05, 3.63) is 0 Å². The third-order valence-corrected chi connectivity index (χ3v) is 3.69. The van der Waals surface area contributed by atoms with E-state index in [2.05, 4.69) is 11.8 Å².